The van der Waals surface area contributed by atoms with Crippen molar-refractivity contribution in [3.8, 4) is 0 Å². The summed E-state index contributed by atoms with van der Waals surface area (Å²) in [5, 5.41) is 3.52. The van der Waals surface area contributed by atoms with E-state index in [9.17, 15) is 0 Å². The lowest BCUT2D eigenvalue weighted by Gasteiger charge is -2.22. The summed E-state index contributed by atoms with van der Waals surface area (Å²) in [4.78, 5) is 3.92. The van der Waals surface area contributed by atoms with Crippen LogP contribution in [0.4, 0.5) is 11.4 Å². The van der Waals surface area contributed by atoms with Crippen LogP contribution in [0, 0.1) is 0 Å². The van der Waals surface area contributed by atoms with Crippen molar-refractivity contribution in [2.24, 2.45) is 0 Å². The Balaban J connectivity index is 2.12. The molecule has 1 nitrogen and oxygen atoms in total. The van der Waals surface area contributed by atoms with Gasteiger partial charge in [0.15, 0.2) is 0 Å². The number of fused-ring (bicyclic) bond motifs is 2. The number of rotatable bonds is 1. The van der Waals surface area contributed by atoms with Crippen LogP contribution >= 0.6 is 23.5 Å². The molecule has 0 fully saturated rings. The summed E-state index contributed by atoms with van der Waals surface area (Å²) in [6.45, 7) is 0. The predicted octanol–water partition coefficient (Wildman–Crippen LogP) is 4.62. The first kappa shape index (κ1) is 10.1. The highest BCUT2D eigenvalue weighted by Gasteiger charge is 2.16. The Morgan fingerprint density at radius 2 is 1.81 bits per heavy atom. The van der Waals surface area contributed by atoms with Crippen molar-refractivity contribution in [3.05, 3.63) is 42.5 Å². The molecule has 0 spiro atoms. The molecule has 3 rings (SSSR count). The van der Waals surface area contributed by atoms with E-state index in [2.05, 4.69) is 54.0 Å². The van der Waals surface area contributed by atoms with Gasteiger partial charge in [0.05, 0.1) is 11.4 Å². The van der Waals surface area contributed by atoms with Gasteiger partial charge in [-0.25, -0.2) is 0 Å². The molecular weight excluding hydrogens is 234 g/mol. The fourth-order valence-electron chi connectivity index (χ4n) is 1.80. The number of para-hydroxylation sites is 2. The minimum absolute atomic E-state index is 1.21. The van der Waals surface area contributed by atoms with Crippen LogP contribution in [0.15, 0.2) is 57.2 Å². The molecule has 1 aliphatic heterocycles. The van der Waals surface area contributed by atoms with Gasteiger partial charge in [0.1, 0.15) is 0 Å². The van der Waals surface area contributed by atoms with Gasteiger partial charge in [-0.2, -0.15) is 0 Å². The van der Waals surface area contributed by atoms with Crippen molar-refractivity contribution >= 4 is 34.9 Å². The highest BCUT2D eigenvalue weighted by atomic mass is 32.2. The quantitative estimate of drug-likeness (QED) is 0.628. The summed E-state index contributed by atoms with van der Waals surface area (Å²) in [7, 11) is 0. The molecule has 3 heteroatoms. The lowest BCUT2D eigenvalue weighted by atomic mass is 10.2. The zero-order valence-electron chi connectivity index (χ0n) is 8.86. The summed E-state index contributed by atoms with van der Waals surface area (Å²) < 4.78 is 0. The first-order valence-electron chi connectivity index (χ1n) is 5.09. The number of benzene rings is 2. The highest BCUT2D eigenvalue weighted by molar-refractivity contribution is 8.00. The molecule has 0 saturated heterocycles. The average Bonchev–Trinajstić information content (AvgIpc) is 2.35. The van der Waals surface area contributed by atoms with Crippen molar-refractivity contribution < 1.29 is 0 Å². The molecule has 0 amide bonds. The van der Waals surface area contributed by atoms with Gasteiger partial charge < -0.3 is 5.32 Å². The molecule has 80 valence electrons. The van der Waals surface area contributed by atoms with E-state index in [1.54, 1.807) is 11.8 Å². The molecule has 0 radical (unpaired) electrons. The Morgan fingerprint density at radius 3 is 2.69 bits per heavy atom. The van der Waals surface area contributed by atoms with E-state index in [1.807, 2.05) is 11.8 Å². The van der Waals surface area contributed by atoms with Gasteiger partial charge in [-0.3, -0.25) is 0 Å². The Hall–Kier alpha value is -1.06. The normalized spacial score (nSPS) is 12.6. The van der Waals surface area contributed by atoms with Gasteiger partial charge >= 0.3 is 0 Å². The standard InChI is InChI=1S/C13H11NS2/c1-15-11-7-4-8-12-13(11)14-9-5-2-3-6-10(9)16-12/h2-8,14H,1H3. The smallest absolute Gasteiger partial charge is 0.0664 e. The van der Waals surface area contributed by atoms with Crippen LogP contribution in [0.3, 0.4) is 0 Å². The Kier molecular flexibility index (Phi) is 2.58. The largest absolute Gasteiger partial charge is 0.353 e. The topological polar surface area (TPSA) is 12.0 Å². The average molecular weight is 245 g/mol. The van der Waals surface area contributed by atoms with Crippen LogP contribution in [-0.4, -0.2) is 6.26 Å². The molecule has 1 N–H and O–H groups in total. The van der Waals surface area contributed by atoms with Gasteiger partial charge in [-0.15, -0.1) is 11.8 Å². The van der Waals surface area contributed by atoms with E-state index < -0.39 is 0 Å². The highest BCUT2D eigenvalue weighted by Crippen LogP contribution is 2.46. The summed E-state index contributed by atoms with van der Waals surface area (Å²) in [5.74, 6) is 0. The van der Waals surface area contributed by atoms with Crippen LogP contribution in [0.25, 0.3) is 0 Å². The van der Waals surface area contributed by atoms with E-state index in [-0.39, 0.29) is 0 Å². The van der Waals surface area contributed by atoms with Crippen LogP contribution in [0.1, 0.15) is 0 Å². The van der Waals surface area contributed by atoms with Crippen molar-refractivity contribution in [1.29, 1.82) is 0 Å². The Morgan fingerprint density at radius 1 is 1.00 bits per heavy atom. The maximum atomic E-state index is 3.52. The van der Waals surface area contributed by atoms with Crippen LogP contribution in [0.5, 0.6) is 0 Å². The summed E-state index contributed by atoms with van der Waals surface area (Å²) >= 11 is 3.62. The maximum absolute atomic E-state index is 3.52. The van der Waals surface area contributed by atoms with Crippen LogP contribution in [-0.2, 0) is 0 Å². The number of thioether (sulfide) groups is 1. The molecule has 1 heterocycles. The molecule has 0 unspecified atom stereocenters. The van der Waals surface area contributed by atoms with E-state index in [0.717, 1.165) is 0 Å². The molecule has 0 aliphatic carbocycles. The summed E-state index contributed by atoms with van der Waals surface area (Å²) in [5.41, 5.74) is 2.46. The minimum Gasteiger partial charge on any atom is -0.353 e. The fourth-order valence-corrected chi connectivity index (χ4v) is 3.47. The second-order valence-corrected chi connectivity index (χ2v) is 5.49. The Labute approximate surface area is 104 Å². The third-order valence-corrected chi connectivity index (χ3v) is 4.49. The van der Waals surface area contributed by atoms with Gasteiger partial charge in [-0.1, -0.05) is 30.0 Å². The first-order valence-corrected chi connectivity index (χ1v) is 7.13. The van der Waals surface area contributed by atoms with Crippen LogP contribution < -0.4 is 5.32 Å². The molecule has 1 aliphatic rings. The van der Waals surface area contributed by atoms with Gasteiger partial charge in [0.25, 0.3) is 0 Å². The maximum Gasteiger partial charge on any atom is 0.0664 e. The molecule has 2 aromatic rings. The van der Waals surface area contributed by atoms with Gasteiger partial charge in [0, 0.05) is 14.7 Å². The minimum atomic E-state index is 1.21. The second-order valence-electron chi connectivity index (χ2n) is 3.56. The fraction of sp³-hybridized carbons (Fsp3) is 0.0769. The number of anilines is 2. The lowest BCUT2D eigenvalue weighted by Crippen LogP contribution is -2.00. The summed E-state index contributed by atoms with van der Waals surface area (Å²) in [6, 6.07) is 14.9. The number of hydrogen-bond acceptors (Lipinski definition) is 3. The van der Waals surface area contributed by atoms with E-state index >= 15 is 0 Å². The third kappa shape index (κ3) is 1.60. The lowest BCUT2D eigenvalue weighted by molar-refractivity contribution is 1.25. The zero-order chi connectivity index (χ0) is 11.0. The molecule has 0 atom stereocenters. The number of nitrogens with one attached hydrogen (secondary N) is 1. The Bertz CT molecular complexity index is 537. The molecule has 0 aromatic heterocycles. The van der Waals surface area contributed by atoms with E-state index in [4.69, 9.17) is 0 Å². The molecule has 0 bridgehead atoms. The van der Waals surface area contributed by atoms with E-state index in [0.29, 0.717) is 0 Å². The SMILES string of the molecule is CSc1cccc2c1Nc1ccccc1S2. The second kappa shape index (κ2) is 4.07. The van der Waals surface area contributed by atoms with Crippen molar-refractivity contribution in [2.75, 3.05) is 11.6 Å². The van der Waals surface area contributed by atoms with Gasteiger partial charge in [0.2, 0.25) is 0 Å². The molecule has 2 aromatic carbocycles. The monoisotopic (exact) mass is 245 g/mol. The van der Waals surface area contributed by atoms with Crippen molar-refractivity contribution in [3.63, 3.8) is 0 Å². The molecule has 0 saturated carbocycles. The predicted molar refractivity (Wildman–Crippen MR) is 72.1 cm³/mol. The number of hydrogen-bond donors (Lipinski definition) is 1. The first-order chi connectivity index (χ1) is 7.88. The van der Waals surface area contributed by atoms with Crippen molar-refractivity contribution in [2.45, 2.75) is 14.7 Å². The van der Waals surface area contributed by atoms with Crippen LogP contribution in [0.2, 0.25) is 0 Å². The van der Waals surface area contributed by atoms with E-state index in [1.165, 1.54) is 26.1 Å². The molecule has 16 heavy (non-hydrogen) atoms. The third-order valence-electron chi connectivity index (χ3n) is 2.57. The molecular formula is C13H11NS2. The summed E-state index contributed by atoms with van der Waals surface area (Å²) in [6.07, 6.45) is 2.11. The van der Waals surface area contributed by atoms with Gasteiger partial charge in [-0.05, 0) is 30.5 Å². The van der Waals surface area contributed by atoms with Crippen molar-refractivity contribution in [1.82, 2.24) is 0 Å². The zero-order valence-corrected chi connectivity index (χ0v) is 10.5.